The average molecular weight is 314 g/mol. The molecule has 1 aromatic rings. The second-order valence-corrected chi connectivity index (χ2v) is 5.60. The van der Waals surface area contributed by atoms with Crippen LogP contribution in [-0.4, -0.2) is 16.0 Å². The van der Waals surface area contributed by atoms with E-state index >= 15 is 0 Å². The molecule has 1 rings (SSSR count). The van der Waals surface area contributed by atoms with E-state index in [0.29, 0.717) is 6.04 Å². The summed E-state index contributed by atoms with van der Waals surface area (Å²) in [7, 11) is 0. The van der Waals surface area contributed by atoms with Gasteiger partial charge in [0.1, 0.15) is 16.2 Å². The van der Waals surface area contributed by atoms with Crippen molar-refractivity contribution in [1.82, 2.24) is 9.97 Å². The SMILES string of the molecule is CCCCCC(C)Nc1cc(Br)nc(CCC)n1. The van der Waals surface area contributed by atoms with Gasteiger partial charge in [-0.25, -0.2) is 9.97 Å². The minimum Gasteiger partial charge on any atom is -0.367 e. The summed E-state index contributed by atoms with van der Waals surface area (Å²) in [4.78, 5) is 8.91. The predicted octanol–water partition coefficient (Wildman–Crippen LogP) is 4.57. The summed E-state index contributed by atoms with van der Waals surface area (Å²) in [5, 5.41) is 3.46. The van der Waals surface area contributed by atoms with Crippen LogP contribution in [0.1, 0.15) is 58.7 Å². The molecule has 1 atom stereocenters. The molecule has 0 radical (unpaired) electrons. The van der Waals surface area contributed by atoms with Gasteiger partial charge in [0.15, 0.2) is 0 Å². The molecule has 0 fully saturated rings. The first-order valence-corrected chi connectivity index (χ1v) is 7.75. The van der Waals surface area contributed by atoms with Crippen molar-refractivity contribution in [1.29, 1.82) is 0 Å². The quantitative estimate of drug-likeness (QED) is 0.564. The Kier molecular flexibility index (Phi) is 7.25. The third-order valence-corrected chi connectivity index (χ3v) is 3.26. The molecule has 0 amide bonds. The zero-order chi connectivity index (χ0) is 13.4. The van der Waals surface area contributed by atoms with Crippen LogP contribution in [0.2, 0.25) is 0 Å². The van der Waals surface area contributed by atoms with Crippen LogP contribution >= 0.6 is 15.9 Å². The van der Waals surface area contributed by atoms with Gasteiger partial charge in [0.2, 0.25) is 0 Å². The highest BCUT2D eigenvalue weighted by Gasteiger charge is 2.06. The summed E-state index contributed by atoms with van der Waals surface area (Å²) in [6, 6.07) is 2.42. The van der Waals surface area contributed by atoms with Crippen molar-refractivity contribution in [3.8, 4) is 0 Å². The van der Waals surface area contributed by atoms with E-state index in [1.807, 2.05) is 6.07 Å². The summed E-state index contributed by atoms with van der Waals surface area (Å²) in [5.74, 6) is 1.85. The fourth-order valence-electron chi connectivity index (χ4n) is 1.90. The molecule has 1 unspecified atom stereocenters. The minimum atomic E-state index is 0.466. The summed E-state index contributed by atoms with van der Waals surface area (Å²) in [6.07, 6.45) is 7.05. The Morgan fingerprint density at radius 2 is 2.00 bits per heavy atom. The highest BCUT2D eigenvalue weighted by atomic mass is 79.9. The van der Waals surface area contributed by atoms with Gasteiger partial charge >= 0.3 is 0 Å². The third-order valence-electron chi connectivity index (χ3n) is 2.85. The summed E-state index contributed by atoms with van der Waals surface area (Å²) in [6.45, 7) is 6.59. The van der Waals surface area contributed by atoms with Crippen molar-refractivity contribution in [2.24, 2.45) is 0 Å². The molecule has 102 valence electrons. The second-order valence-electron chi connectivity index (χ2n) is 4.78. The van der Waals surface area contributed by atoms with Gasteiger partial charge in [-0.2, -0.15) is 0 Å². The Bertz CT molecular complexity index is 355. The van der Waals surface area contributed by atoms with Crippen LogP contribution in [0.15, 0.2) is 10.7 Å². The zero-order valence-electron chi connectivity index (χ0n) is 11.7. The third kappa shape index (κ3) is 5.80. The molecule has 1 aromatic heterocycles. The van der Waals surface area contributed by atoms with E-state index in [1.165, 1.54) is 25.7 Å². The van der Waals surface area contributed by atoms with Crippen molar-refractivity contribution in [3.63, 3.8) is 0 Å². The van der Waals surface area contributed by atoms with Crippen LogP contribution in [-0.2, 0) is 6.42 Å². The highest BCUT2D eigenvalue weighted by molar-refractivity contribution is 9.10. The van der Waals surface area contributed by atoms with Crippen LogP contribution in [0.5, 0.6) is 0 Å². The van der Waals surface area contributed by atoms with Crippen molar-refractivity contribution in [3.05, 3.63) is 16.5 Å². The summed E-state index contributed by atoms with van der Waals surface area (Å²) in [5.41, 5.74) is 0. The highest BCUT2D eigenvalue weighted by Crippen LogP contribution is 2.15. The molecular formula is C14H24BrN3. The van der Waals surface area contributed by atoms with E-state index in [2.05, 4.69) is 52.0 Å². The van der Waals surface area contributed by atoms with Crippen molar-refractivity contribution in [2.45, 2.75) is 65.3 Å². The van der Waals surface area contributed by atoms with E-state index in [-0.39, 0.29) is 0 Å². The molecule has 0 spiro atoms. The smallest absolute Gasteiger partial charge is 0.132 e. The van der Waals surface area contributed by atoms with E-state index in [1.54, 1.807) is 0 Å². The van der Waals surface area contributed by atoms with Gasteiger partial charge in [0.05, 0.1) is 0 Å². The lowest BCUT2D eigenvalue weighted by atomic mass is 10.1. The fourth-order valence-corrected chi connectivity index (χ4v) is 2.32. The number of rotatable bonds is 8. The van der Waals surface area contributed by atoms with Crippen LogP contribution in [0, 0.1) is 0 Å². The van der Waals surface area contributed by atoms with Gasteiger partial charge in [-0.15, -0.1) is 0 Å². The molecule has 18 heavy (non-hydrogen) atoms. The molecule has 3 nitrogen and oxygen atoms in total. The Hall–Kier alpha value is -0.640. The number of hydrogen-bond acceptors (Lipinski definition) is 3. The molecule has 1 heterocycles. The standard InChI is InChI=1S/C14H24BrN3/c1-4-6-7-9-11(3)16-14-10-12(15)17-13(18-14)8-5-2/h10-11H,4-9H2,1-3H3,(H,16,17,18). The number of unbranched alkanes of at least 4 members (excludes halogenated alkanes) is 2. The Morgan fingerprint density at radius 3 is 2.67 bits per heavy atom. The lowest BCUT2D eigenvalue weighted by Crippen LogP contribution is -2.16. The lowest BCUT2D eigenvalue weighted by molar-refractivity contribution is 0.613. The van der Waals surface area contributed by atoms with Gasteiger partial charge in [0.25, 0.3) is 0 Å². The van der Waals surface area contributed by atoms with Crippen LogP contribution in [0.4, 0.5) is 5.82 Å². The molecule has 0 bridgehead atoms. The normalized spacial score (nSPS) is 12.4. The van der Waals surface area contributed by atoms with Gasteiger partial charge in [0, 0.05) is 18.5 Å². The maximum atomic E-state index is 4.54. The number of aromatic nitrogens is 2. The molecule has 0 saturated heterocycles. The second kappa shape index (κ2) is 8.46. The van der Waals surface area contributed by atoms with Gasteiger partial charge in [-0.3, -0.25) is 0 Å². The number of anilines is 1. The van der Waals surface area contributed by atoms with E-state index in [4.69, 9.17) is 0 Å². The van der Waals surface area contributed by atoms with Crippen LogP contribution in [0.3, 0.4) is 0 Å². The molecule has 0 aliphatic heterocycles. The summed E-state index contributed by atoms with van der Waals surface area (Å²) >= 11 is 3.45. The minimum absolute atomic E-state index is 0.466. The number of halogens is 1. The number of nitrogens with one attached hydrogen (secondary N) is 1. The monoisotopic (exact) mass is 313 g/mol. The fraction of sp³-hybridized carbons (Fsp3) is 0.714. The van der Waals surface area contributed by atoms with Gasteiger partial charge < -0.3 is 5.32 Å². The van der Waals surface area contributed by atoms with Crippen LogP contribution in [0.25, 0.3) is 0 Å². The number of nitrogens with zero attached hydrogens (tertiary/aromatic N) is 2. The maximum Gasteiger partial charge on any atom is 0.132 e. The predicted molar refractivity (Wildman–Crippen MR) is 81.0 cm³/mol. The number of hydrogen-bond donors (Lipinski definition) is 1. The largest absolute Gasteiger partial charge is 0.367 e. The molecule has 0 aromatic carbocycles. The molecule has 0 aliphatic rings. The number of aryl methyl sites for hydroxylation is 1. The first-order chi connectivity index (χ1) is 8.65. The topological polar surface area (TPSA) is 37.8 Å². The maximum absolute atomic E-state index is 4.54. The molecule has 0 saturated carbocycles. The van der Waals surface area contributed by atoms with Gasteiger partial charge in [-0.05, 0) is 35.7 Å². The zero-order valence-corrected chi connectivity index (χ0v) is 13.3. The van der Waals surface area contributed by atoms with E-state index in [9.17, 15) is 0 Å². The Balaban J connectivity index is 2.54. The first-order valence-electron chi connectivity index (χ1n) is 6.95. The summed E-state index contributed by atoms with van der Waals surface area (Å²) < 4.78 is 0.865. The van der Waals surface area contributed by atoms with Gasteiger partial charge in [-0.1, -0.05) is 33.1 Å². The molecular weight excluding hydrogens is 290 g/mol. The Labute approximate surface area is 119 Å². The first kappa shape index (κ1) is 15.4. The lowest BCUT2D eigenvalue weighted by Gasteiger charge is -2.15. The average Bonchev–Trinajstić information content (AvgIpc) is 2.28. The Morgan fingerprint density at radius 1 is 1.22 bits per heavy atom. The van der Waals surface area contributed by atoms with E-state index < -0.39 is 0 Å². The van der Waals surface area contributed by atoms with E-state index in [0.717, 1.165) is 29.1 Å². The molecule has 4 heteroatoms. The van der Waals surface area contributed by atoms with Crippen molar-refractivity contribution in [2.75, 3.05) is 5.32 Å². The van der Waals surface area contributed by atoms with Crippen molar-refractivity contribution < 1.29 is 0 Å². The van der Waals surface area contributed by atoms with Crippen molar-refractivity contribution >= 4 is 21.7 Å². The van der Waals surface area contributed by atoms with Crippen LogP contribution < -0.4 is 5.32 Å². The molecule has 1 N–H and O–H groups in total. The molecule has 0 aliphatic carbocycles.